The molecule has 0 aliphatic rings. The van der Waals surface area contributed by atoms with Crippen molar-refractivity contribution in [3.8, 4) is 0 Å². The van der Waals surface area contributed by atoms with Gasteiger partial charge in [-0.3, -0.25) is 0 Å². The fourth-order valence-electron chi connectivity index (χ4n) is 0.468. The number of rotatable bonds is 1. The van der Waals surface area contributed by atoms with Crippen LogP contribution in [-0.2, 0) is 4.74 Å². The molecule has 0 aromatic carbocycles. The van der Waals surface area contributed by atoms with Gasteiger partial charge in [0.15, 0.2) is 0 Å². The molecule has 0 aliphatic carbocycles. The number of hydrogen-bond acceptors (Lipinski definition) is 4. The zero-order valence-corrected chi connectivity index (χ0v) is 8.10. The number of carbonyl (C=O) groups is 1. The summed E-state index contributed by atoms with van der Waals surface area (Å²) in [5.41, 5.74) is 0.549. The lowest BCUT2D eigenvalue weighted by Crippen LogP contribution is -2.00. The molecule has 0 aliphatic heterocycles. The molecular formula is C5H4INO2S. The van der Waals surface area contributed by atoms with Crippen LogP contribution in [0.2, 0.25) is 0 Å². The zero-order chi connectivity index (χ0) is 7.56. The summed E-state index contributed by atoms with van der Waals surface area (Å²) in [6.07, 6.45) is 1.51. The molecule has 0 bridgehead atoms. The van der Waals surface area contributed by atoms with Crippen LogP contribution in [0.4, 0.5) is 0 Å². The molecule has 0 saturated heterocycles. The van der Waals surface area contributed by atoms with E-state index in [1.165, 1.54) is 24.8 Å². The number of aromatic nitrogens is 1. The van der Waals surface area contributed by atoms with Crippen molar-refractivity contribution < 1.29 is 9.53 Å². The predicted octanol–water partition coefficient (Wildman–Crippen LogP) is 1.53. The Hall–Kier alpha value is -0.170. The van der Waals surface area contributed by atoms with E-state index in [9.17, 15) is 4.79 Å². The van der Waals surface area contributed by atoms with Gasteiger partial charge in [0.2, 0.25) is 0 Å². The molecule has 0 saturated carbocycles. The zero-order valence-electron chi connectivity index (χ0n) is 5.13. The maximum atomic E-state index is 10.8. The molecule has 0 amide bonds. The lowest BCUT2D eigenvalue weighted by Gasteiger charge is -1.92. The molecule has 54 valence electrons. The standard InChI is InChI=1S/C5H4INO2S/c1-9-5(8)3-2-7-10-4(3)6/h2H,1H3. The fraction of sp³-hybridized carbons (Fsp3) is 0.200. The third-order valence-electron chi connectivity index (χ3n) is 0.932. The Bertz CT molecular complexity index is 248. The summed E-state index contributed by atoms with van der Waals surface area (Å²) in [6.45, 7) is 0. The normalized spacial score (nSPS) is 9.40. The number of halogens is 1. The minimum atomic E-state index is -0.321. The first kappa shape index (κ1) is 7.93. The smallest absolute Gasteiger partial charge is 0.341 e. The monoisotopic (exact) mass is 269 g/mol. The molecular weight excluding hydrogens is 265 g/mol. The number of ether oxygens (including phenoxy) is 1. The van der Waals surface area contributed by atoms with Crippen molar-refractivity contribution >= 4 is 40.1 Å². The van der Waals surface area contributed by atoms with E-state index in [1.54, 1.807) is 0 Å². The van der Waals surface area contributed by atoms with Gasteiger partial charge < -0.3 is 4.74 Å². The Balaban J connectivity index is 2.93. The van der Waals surface area contributed by atoms with Gasteiger partial charge in [0.05, 0.1) is 13.3 Å². The molecule has 0 N–H and O–H groups in total. The topological polar surface area (TPSA) is 39.2 Å². The number of methoxy groups -OCH3 is 1. The highest BCUT2D eigenvalue weighted by molar-refractivity contribution is 14.1. The van der Waals surface area contributed by atoms with Crippen LogP contribution in [0.25, 0.3) is 0 Å². The van der Waals surface area contributed by atoms with E-state index < -0.39 is 0 Å². The van der Waals surface area contributed by atoms with Crippen LogP contribution in [0.15, 0.2) is 6.20 Å². The molecule has 10 heavy (non-hydrogen) atoms. The second-order valence-electron chi connectivity index (χ2n) is 1.50. The Labute approximate surface area is 75.7 Å². The lowest BCUT2D eigenvalue weighted by atomic mass is 10.4. The Morgan fingerprint density at radius 3 is 3.00 bits per heavy atom. The molecule has 0 unspecified atom stereocenters. The number of carbonyl (C=O) groups excluding carboxylic acids is 1. The largest absolute Gasteiger partial charge is 0.465 e. The van der Waals surface area contributed by atoms with Gasteiger partial charge in [-0.2, -0.15) is 4.37 Å². The van der Waals surface area contributed by atoms with Gasteiger partial charge in [-0.15, -0.1) is 0 Å². The van der Waals surface area contributed by atoms with Crippen molar-refractivity contribution in [3.05, 3.63) is 14.6 Å². The number of hydrogen-bond donors (Lipinski definition) is 0. The SMILES string of the molecule is COC(=O)c1cnsc1I. The molecule has 5 heteroatoms. The molecule has 1 rings (SSSR count). The molecule has 1 aromatic heterocycles. The summed E-state index contributed by atoms with van der Waals surface area (Å²) < 4.78 is 9.19. The number of esters is 1. The van der Waals surface area contributed by atoms with Gasteiger partial charge in [0.25, 0.3) is 0 Å². The Morgan fingerprint density at radius 2 is 2.60 bits per heavy atom. The Morgan fingerprint density at radius 1 is 1.90 bits per heavy atom. The molecule has 1 heterocycles. The molecule has 0 spiro atoms. The summed E-state index contributed by atoms with van der Waals surface area (Å²) in [5, 5.41) is 0. The number of nitrogens with zero attached hydrogens (tertiary/aromatic N) is 1. The van der Waals surface area contributed by atoms with Crippen molar-refractivity contribution in [2.24, 2.45) is 0 Å². The second kappa shape index (κ2) is 3.29. The highest BCUT2D eigenvalue weighted by Gasteiger charge is 2.11. The van der Waals surface area contributed by atoms with E-state index in [0.717, 1.165) is 2.88 Å². The van der Waals surface area contributed by atoms with Crippen LogP contribution in [0, 0.1) is 2.88 Å². The maximum Gasteiger partial charge on any atom is 0.341 e. The third kappa shape index (κ3) is 1.46. The third-order valence-corrected chi connectivity index (χ3v) is 2.69. The summed E-state index contributed by atoms with van der Waals surface area (Å²) >= 11 is 3.33. The summed E-state index contributed by atoms with van der Waals surface area (Å²) in [4.78, 5) is 10.8. The summed E-state index contributed by atoms with van der Waals surface area (Å²) in [5.74, 6) is -0.321. The highest BCUT2D eigenvalue weighted by Crippen LogP contribution is 2.16. The Kier molecular flexibility index (Phi) is 2.61. The van der Waals surface area contributed by atoms with E-state index in [4.69, 9.17) is 0 Å². The fourth-order valence-corrected chi connectivity index (χ4v) is 1.65. The molecule has 0 atom stereocenters. The minimum Gasteiger partial charge on any atom is -0.465 e. The summed E-state index contributed by atoms with van der Waals surface area (Å²) in [6, 6.07) is 0. The first-order valence-electron chi connectivity index (χ1n) is 2.44. The molecule has 0 fully saturated rings. The molecule has 3 nitrogen and oxygen atoms in total. The average Bonchev–Trinajstić information content (AvgIpc) is 2.34. The van der Waals surface area contributed by atoms with Crippen molar-refractivity contribution in [2.45, 2.75) is 0 Å². The summed E-state index contributed by atoms with van der Waals surface area (Å²) in [7, 11) is 1.36. The van der Waals surface area contributed by atoms with E-state index in [1.807, 2.05) is 22.6 Å². The van der Waals surface area contributed by atoms with Gasteiger partial charge in [-0.05, 0) is 34.1 Å². The van der Waals surface area contributed by atoms with Crippen LogP contribution in [0.5, 0.6) is 0 Å². The van der Waals surface area contributed by atoms with Crippen LogP contribution >= 0.6 is 34.1 Å². The molecule has 0 radical (unpaired) electrons. The van der Waals surface area contributed by atoms with Crippen molar-refractivity contribution in [1.29, 1.82) is 0 Å². The first-order chi connectivity index (χ1) is 4.75. The quantitative estimate of drug-likeness (QED) is 0.573. The van der Waals surface area contributed by atoms with Crippen LogP contribution in [0.1, 0.15) is 10.4 Å². The lowest BCUT2D eigenvalue weighted by molar-refractivity contribution is 0.0600. The van der Waals surface area contributed by atoms with Crippen molar-refractivity contribution in [2.75, 3.05) is 7.11 Å². The van der Waals surface area contributed by atoms with E-state index in [-0.39, 0.29) is 5.97 Å². The maximum absolute atomic E-state index is 10.8. The van der Waals surface area contributed by atoms with Crippen LogP contribution in [-0.4, -0.2) is 17.5 Å². The van der Waals surface area contributed by atoms with E-state index in [0.29, 0.717) is 5.56 Å². The molecule has 1 aromatic rings. The van der Waals surface area contributed by atoms with Gasteiger partial charge in [0.1, 0.15) is 8.45 Å². The average molecular weight is 269 g/mol. The van der Waals surface area contributed by atoms with Gasteiger partial charge in [0, 0.05) is 0 Å². The van der Waals surface area contributed by atoms with E-state index in [2.05, 4.69) is 9.11 Å². The van der Waals surface area contributed by atoms with Crippen molar-refractivity contribution in [3.63, 3.8) is 0 Å². The van der Waals surface area contributed by atoms with Crippen LogP contribution in [0.3, 0.4) is 0 Å². The van der Waals surface area contributed by atoms with E-state index >= 15 is 0 Å². The van der Waals surface area contributed by atoms with Gasteiger partial charge >= 0.3 is 5.97 Å². The first-order valence-corrected chi connectivity index (χ1v) is 4.29. The highest BCUT2D eigenvalue weighted by atomic mass is 127. The predicted molar refractivity (Wildman–Crippen MR) is 46.2 cm³/mol. The second-order valence-corrected chi connectivity index (χ2v) is 4.12. The van der Waals surface area contributed by atoms with Crippen molar-refractivity contribution in [1.82, 2.24) is 4.37 Å². The van der Waals surface area contributed by atoms with Gasteiger partial charge in [-0.1, -0.05) is 0 Å². The van der Waals surface area contributed by atoms with Gasteiger partial charge in [-0.25, -0.2) is 4.79 Å². The minimum absolute atomic E-state index is 0.321. The van der Waals surface area contributed by atoms with Crippen LogP contribution < -0.4 is 0 Å².